The predicted molar refractivity (Wildman–Crippen MR) is 99.3 cm³/mol. The normalized spacial score (nSPS) is 19.5. The molecule has 1 amide bonds. The van der Waals surface area contributed by atoms with E-state index in [0.29, 0.717) is 6.04 Å². The molecule has 24 heavy (non-hydrogen) atoms. The lowest BCUT2D eigenvalue weighted by atomic mass is 9.98. The first-order valence-corrected chi connectivity index (χ1v) is 9.61. The Hall–Kier alpha value is -1.50. The third-order valence-corrected chi connectivity index (χ3v) is 4.42. The molecule has 4 nitrogen and oxygen atoms in total. The van der Waals surface area contributed by atoms with Crippen molar-refractivity contribution in [3.8, 4) is 6.07 Å². The molecular formula is C20H35N3O. The number of carbonyl (C=O) groups excluding carboxylic acids is 1. The summed E-state index contributed by atoms with van der Waals surface area (Å²) >= 11 is 0. The molecule has 0 aromatic heterocycles. The lowest BCUT2D eigenvalue weighted by molar-refractivity contribution is -0.118. The highest BCUT2D eigenvalue weighted by Gasteiger charge is 2.17. The van der Waals surface area contributed by atoms with Crippen molar-refractivity contribution < 1.29 is 4.79 Å². The molecule has 4 heteroatoms. The summed E-state index contributed by atoms with van der Waals surface area (Å²) in [5.41, 5.74) is -0.170. The van der Waals surface area contributed by atoms with Gasteiger partial charge in [0.05, 0.1) is 0 Å². The van der Waals surface area contributed by atoms with Gasteiger partial charge in [-0.25, -0.2) is 0 Å². The first-order chi connectivity index (χ1) is 11.4. The van der Waals surface area contributed by atoms with Gasteiger partial charge in [-0.1, -0.05) is 57.8 Å². The van der Waals surface area contributed by atoms with E-state index in [9.17, 15) is 10.1 Å². The van der Waals surface area contributed by atoms with Gasteiger partial charge in [0.2, 0.25) is 0 Å². The number of nitrogens with one attached hydrogen (secondary N) is 2. The summed E-state index contributed by atoms with van der Waals surface area (Å²) in [7, 11) is 0. The average molecular weight is 334 g/mol. The number of carbonyl (C=O) groups is 1. The number of rotatable bonds is 3. The Balaban J connectivity index is 2.57. The molecule has 0 aliphatic heterocycles. The molecule has 136 valence electrons. The molecule has 0 bridgehead atoms. The van der Waals surface area contributed by atoms with Crippen LogP contribution in [0.15, 0.2) is 11.8 Å². The van der Waals surface area contributed by atoms with Crippen LogP contribution in [0.1, 0.15) is 91.4 Å². The summed E-state index contributed by atoms with van der Waals surface area (Å²) in [6, 6.07) is 2.39. The van der Waals surface area contributed by atoms with Crippen molar-refractivity contribution in [2.24, 2.45) is 0 Å². The van der Waals surface area contributed by atoms with Gasteiger partial charge in [0, 0.05) is 17.8 Å². The Morgan fingerprint density at radius 2 is 1.42 bits per heavy atom. The molecule has 0 spiro atoms. The average Bonchev–Trinajstić information content (AvgIpc) is 2.48. The SMILES string of the molecule is CC(C)(C)NC(=O)/C(C#N)=C\NC1CCCCCCCCCCC1. The van der Waals surface area contributed by atoms with E-state index in [2.05, 4.69) is 10.6 Å². The van der Waals surface area contributed by atoms with E-state index in [-0.39, 0.29) is 17.0 Å². The van der Waals surface area contributed by atoms with Crippen LogP contribution in [0.3, 0.4) is 0 Å². The Kier molecular flexibility index (Phi) is 9.52. The van der Waals surface area contributed by atoms with Gasteiger partial charge in [0.15, 0.2) is 0 Å². The minimum Gasteiger partial charge on any atom is -0.387 e. The highest BCUT2D eigenvalue weighted by molar-refractivity contribution is 5.97. The van der Waals surface area contributed by atoms with Gasteiger partial charge >= 0.3 is 0 Å². The van der Waals surface area contributed by atoms with Crippen LogP contribution >= 0.6 is 0 Å². The number of nitriles is 1. The number of hydrogen-bond acceptors (Lipinski definition) is 3. The van der Waals surface area contributed by atoms with Crippen molar-refractivity contribution in [1.29, 1.82) is 5.26 Å². The number of hydrogen-bond donors (Lipinski definition) is 2. The van der Waals surface area contributed by atoms with Gasteiger partial charge in [-0.15, -0.1) is 0 Å². The molecule has 0 atom stereocenters. The number of nitrogens with zero attached hydrogens (tertiary/aromatic N) is 1. The Bertz CT molecular complexity index is 431. The zero-order chi connectivity index (χ0) is 17.8. The van der Waals surface area contributed by atoms with E-state index in [1.807, 2.05) is 26.8 Å². The van der Waals surface area contributed by atoms with Crippen molar-refractivity contribution in [3.63, 3.8) is 0 Å². The van der Waals surface area contributed by atoms with Crippen molar-refractivity contribution in [1.82, 2.24) is 10.6 Å². The molecule has 2 N–H and O–H groups in total. The van der Waals surface area contributed by atoms with Crippen LogP contribution in [-0.2, 0) is 4.79 Å². The van der Waals surface area contributed by atoms with Crippen LogP contribution in [0.4, 0.5) is 0 Å². The summed E-state index contributed by atoms with van der Waals surface area (Å²) in [5, 5.41) is 15.4. The molecule has 0 saturated heterocycles. The third kappa shape index (κ3) is 9.60. The van der Waals surface area contributed by atoms with Crippen molar-refractivity contribution in [3.05, 3.63) is 11.8 Å². The largest absolute Gasteiger partial charge is 0.387 e. The fourth-order valence-electron chi connectivity index (χ4n) is 3.09. The molecule has 1 rings (SSSR count). The highest BCUT2D eigenvalue weighted by Crippen LogP contribution is 2.17. The standard InChI is InChI=1S/C20H35N3O/c1-20(2,3)23-19(24)17(15-21)16-22-18-13-11-9-7-5-4-6-8-10-12-14-18/h16,18,22H,4-14H2,1-3H3,(H,23,24)/b17-16-. The molecular weight excluding hydrogens is 298 g/mol. The van der Waals surface area contributed by atoms with Crippen LogP contribution in [0.2, 0.25) is 0 Å². The molecule has 0 unspecified atom stereocenters. The van der Waals surface area contributed by atoms with Gasteiger partial charge < -0.3 is 10.6 Å². The fraction of sp³-hybridized carbons (Fsp3) is 0.800. The van der Waals surface area contributed by atoms with E-state index in [4.69, 9.17) is 0 Å². The van der Waals surface area contributed by atoms with Gasteiger partial charge in [-0.2, -0.15) is 5.26 Å². The van der Waals surface area contributed by atoms with Crippen LogP contribution in [0, 0.1) is 11.3 Å². The molecule has 0 heterocycles. The highest BCUT2D eigenvalue weighted by atomic mass is 16.1. The molecule has 0 radical (unpaired) electrons. The quantitative estimate of drug-likeness (QED) is 0.587. The van der Waals surface area contributed by atoms with Crippen molar-refractivity contribution in [2.45, 2.75) is 103 Å². The minimum absolute atomic E-state index is 0.163. The summed E-state index contributed by atoms with van der Waals surface area (Å²) in [4.78, 5) is 12.1. The Morgan fingerprint density at radius 1 is 0.958 bits per heavy atom. The van der Waals surface area contributed by atoms with E-state index >= 15 is 0 Å². The number of amides is 1. The summed E-state index contributed by atoms with van der Waals surface area (Å²) in [6.45, 7) is 5.75. The second-order valence-corrected chi connectivity index (χ2v) is 8.00. The maximum atomic E-state index is 12.1. The van der Waals surface area contributed by atoms with Gasteiger partial charge in [0.25, 0.3) is 5.91 Å². The van der Waals surface area contributed by atoms with E-state index in [1.54, 1.807) is 6.20 Å². The second-order valence-electron chi connectivity index (χ2n) is 8.00. The zero-order valence-corrected chi connectivity index (χ0v) is 15.8. The maximum Gasteiger partial charge on any atom is 0.263 e. The molecule has 0 aromatic rings. The molecule has 1 aliphatic carbocycles. The molecule has 0 aromatic carbocycles. The topological polar surface area (TPSA) is 64.9 Å². The lowest BCUT2D eigenvalue weighted by Gasteiger charge is -2.21. The third-order valence-electron chi connectivity index (χ3n) is 4.42. The minimum atomic E-state index is -0.333. The summed E-state index contributed by atoms with van der Waals surface area (Å²) in [5.74, 6) is -0.300. The summed E-state index contributed by atoms with van der Waals surface area (Å²) in [6.07, 6.45) is 15.7. The zero-order valence-electron chi connectivity index (χ0n) is 15.8. The first kappa shape index (κ1) is 20.5. The van der Waals surface area contributed by atoms with Crippen LogP contribution in [-0.4, -0.2) is 17.5 Å². The van der Waals surface area contributed by atoms with Gasteiger partial charge in [0.1, 0.15) is 11.6 Å². The van der Waals surface area contributed by atoms with Crippen LogP contribution in [0.5, 0.6) is 0 Å². The van der Waals surface area contributed by atoms with Gasteiger partial charge in [-0.05, 0) is 33.6 Å². The molecule has 1 aliphatic rings. The lowest BCUT2D eigenvalue weighted by Crippen LogP contribution is -2.41. The van der Waals surface area contributed by atoms with Crippen LogP contribution < -0.4 is 10.6 Å². The monoisotopic (exact) mass is 333 g/mol. The maximum absolute atomic E-state index is 12.1. The van der Waals surface area contributed by atoms with Crippen molar-refractivity contribution in [2.75, 3.05) is 0 Å². The van der Waals surface area contributed by atoms with Gasteiger partial charge in [-0.3, -0.25) is 4.79 Å². The van der Waals surface area contributed by atoms with Crippen LogP contribution in [0.25, 0.3) is 0 Å². The van der Waals surface area contributed by atoms with E-state index in [1.165, 1.54) is 57.8 Å². The Labute approximate surface area is 148 Å². The fourth-order valence-corrected chi connectivity index (χ4v) is 3.09. The summed E-state index contributed by atoms with van der Waals surface area (Å²) < 4.78 is 0. The molecule has 1 saturated carbocycles. The Morgan fingerprint density at radius 3 is 1.83 bits per heavy atom. The molecule has 1 fully saturated rings. The first-order valence-electron chi connectivity index (χ1n) is 9.61. The smallest absolute Gasteiger partial charge is 0.263 e. The van der Waals surface area contributed by atoms with Crippen molar-refractivity contribution >= 4 is 5.91 Å². The predicted octanol–water partition coefficient (Wildman–Crippen LogP) is 4.57. The second kappa shape index (κ2) is 11.1. The van der Waals surface area contributed by atoms with E-state index < -0.39 is 0 Å². The van der Waals surface area contributed by atoms with E-state index in [0.717, 1.165) is 12.8 Å².